The van der Waals surface area contributed by atoms with E-state index in [1.54, 1.807) is 0 Å². The van der Waals surface area contributed by atoms with Gasteiger partial charge in [-0.05, 0) is 19.8 Å². The summed E-state index contributed by atoms with van der Waals surface area (Å²) in [6, 6.07) is 0. The fraction of sp³-hybridized carbons (Fsp3) is 1.00. The van der Waals surface area contributed by atoms with E-state index in [-0.39, 0.29) is 0 Å². The van der Waals surface area contributed by atoms with E-state index in [1.165, 1.54) is 25.7 Å². The van der Waals surface area contributed by atoms with Gasteiger partial charge in [-0.3, -0.25) is 0 Å². The molecule has 2 heteroatoms. The van der Waals surface area contributed by atoms with E-state index in [2.05, 4.69) is 6.92 Å². The number of hydrogen-bond donors (Lipinski definition) is 0. The highest BCUT2D eigenvalue weighted by atomic mass is 16.5. The van der Waals surface area contributed by atoms with Crippen LogP contribution in [0.15, 0.2) is 0 Å². The Morgan fingerprint density at radius 1 is 1.00 bits per heavy atom. The van der Waals surface area contributed by atoms with Crippen LogP contribution in [-0.2, 0) is 9.47 Å². The SMILES string of the molecule is CC1CCCCCOCCO1. The Bertz CT molecular complexity index is 83.6. The van der Waals surface area contributed by atoms with Gasteiger partial charge in [-0.25, -0.2) is 0 Å². The maximum absolute atomic E-state index is 5.49. The molecule has 0 aromatic carbocycles. The van der Waals surface area contributed by atoms with Crippen LogP contribution in [0.3, 0.4) is 0 Å². The van der Waals surface area contributed by atoms with Crippen molar-refractivity contribution in [2.24, 2.45) is 0 Å². The molecule has 1 saturated heterocycles. The molecular formula is C9H18O2. The average molecular weight is 158 g/mol. The lowest BCUT2D eigenvalue weighted by atomic mass is 10.1. The van der Waals surface area contributed by atoms with Crippen LogP contribution in [0.5, 0.6) is 0 Å². The maximum atomic E-state index is 5.49. The van der Waals surface area contributed by atoms with Gasteiger partial charge in [-0.2, -0.15) is 0 Å². The largest absolute Gasteiger partial charge is 0.379 e. The average Bonchev–Trinajstić information content (AvgIpc) is 2.03. The van der Waals surface area contributed by atoms with Crippen molar-refractivity contribution >= 4 is 0 Å². The van der Waals surface area contributed by atoms with Gasteiger partial charge < -0.3 is 9.47 Å². The summed E-state index contributed by atoms with van der Waals surface area (Å²) in [5.74, 6) is 0. The Balaban J connectivity index is 2.12. The molecule has 0 N–H and O–H groups in total. The molecule has 0 aromatic rings. The lowest BCUT2D eigenvalue weighted by Gasteiger charge is -2.15. The molecule has 2 nitrogen and oxygen atoms in total. The smallest absolute Gasteiger partial charge is 0.0704 e. The standard InChI is InChI=1S/C9H18O2/c1-9-5-3-2-4-6-10-7-8-11-9/h9H,2-8H2,1H3. The Kier molecular flexibility index (Phi) is 4.55. The Morgan fingerprint density at radius 2 is 1.91 bits per heavy atom. The minimum Gasteiger partial charge on any atom is -0.379 e. The second kappa shape index (κ2) is 5.56. The van der Waals surface area contributed by atoms with Gasteiger partial charge in [0.15, 0.2) is 0 Å². The first-order valence-corrected chi connectivity index (χ1v) is 4.59. The van der Waals surface area contributed by atoms with Crippen LogP contribution in [-0.4, -0.2) is 25.9 Å². The van der Waals surface area contributed by atoms with E-state index in [4.69, 9.17) is 9.47 Å². The first kappa shape index (κ1) is 9.01. The number of ether oxygens (including phenoxy) is 2. The summed E-state index contributed by atoms with van der Waals surface area (Å²) in [7, 11) is 0. The number of rotatable bonds is 0. The van der Waals surface area contributed by atoms with E-state index >= 15 is 0 Å². The van der Waals surface area contributed by atoms with Crippen molar-refractivity contribution in [2.45, 2.75) is 38.7 Å². The molecule has 66 valence electrons. The third-order valence-electron chi connectivity index (χ3n) is 2.03. The van der Waals surface area contributed by atoms with E-state index in [0.717, 1.165) is 19.8 Å². The second-order valence-electron chi connectivity index (χ2n) is 3.14. The van der Waals surface area contributed by atoms with Crippen LogP contribution in [0.25, 0.3) is 0 Å². The Hall–Kier alpha value is -0.0800. The van der Waals surface area contributed by atoms with Crippen LogP contribution < -0.4 is 0 Å². The number of hydrogen-bond acceptors (Lipinski definition) is 2. The molecule has 0 radical (unpaired) electrons. The Labute approximate surface area is 68.9 Å². The van der Waals surface area contributed by atoms with Gasteiger partial charge in [0, 0.05) is 6.61 Å². The lowest BCUT2D eigenvalue weighted by Crippen LogP contribution is -2.14. The fourth-order valence-electron chi connectivity index (χ4n) is 1.31. The molecule has 0 amide bonds. The lowest BCUT2D eigenvalue weighted by molar-refractivity contribution is 0.00132. The second-order valence-corrected chi connectivity index (χ2v) is 3.14. The third-order valence-corrected chi connectivity index (χ3v) is 2.03. The Morgan fingerprint density at radius 3 is 2.82 bits per heavy atom. The van der Waals surface area contributed by atoms with Gasteiger partial charge in [-0.1, -0.05) is 12.8 Å². The summed E-state index contributed by atoms with van der Waals surface area (Å²) in [6.07, 6.45) is 5.42. The third kappa shape index (κ3) is 4.38. The van der Waals surface area contributed by atoms with Gasteiger partial charge in [0.1, 0.15) is 0 Å². The highest BCUT2D eigenvalue weighted by Gasteiger charge is 2.03. The van der Waals surface area contributed by atoms with Gasteiger partial charge >= 0.3 is 0 Å². The van der Waals surface area contributed by atoms with Gasteiger partial charge in [0.25, 0.3) is 0 Å². The predicted molar refractivity (Wildman–Crippen MR) is 44.7 cm³/mol. The quantitative estimate of drug-likeness (QED) is 0.536. The van der Waals surface area contributed by atoms with Gasteiger partial charge in [0.2, 0.25) is 0 Å². The topological polar surface area (TPSA) is 18.5 Å². The highest BCUT2D eigenvalue weighted by Crippen LogP contribution is 2.07. The highest BCUT2D eigenvalue weighted by molar-refractivity contribution is 4.53. The molecule has 1 unspecified atom stereocenters. The van der Waals surface area contributed by atoms with Crippen LogP contribution >= 0.6 is 0 Å². The molecule has 1 atom stereocenters. The maximum Gasteiger partial charge on any atom is 0.0704 e. The molecule has 0 bridgehead atoms. The zero-order chi connectivity index (χ0) is 7.94. The molecule has 1 heterocycles. The minimum absolute atomic E-state index is 0.427. The van der Waals surface area contributed by atoms with Crippen LogP contribution in [0.2, 0.25) is 0 Å². The summed E-state index contributed by atoms with van der Waals surface area (Å²) < 4.78 is 10.8. The summed E-state index contributed by atoms with van der Waals surface area (Å²) >= 11 is 0. The first-order chi connectivity index (χ1) is 5.39. The van der Waals surface area contributed by atoms with Crippen LogP contribution in [0, 0.1) is 0 Å². The normalized spacial score (nSPS) is 29.7. The molecule has 1 rings (SSSR count). The molecule has 0 spiro atoms. The summed E-state index contributed by atoms with van der Waals surface area (Å²) in [4.78, 5) is 0. The first-order valence-electron chi connectivity index (χ1n) is 4.59. The van der Waals surface area contributed by atoms with E-state index in [9.17, 15) is 0 Å². The molecule has 1 fully saturated rings. The van der Waals surface area contributed by atoms with Crippen molar-refractivity contribution in [1.29, 1.82) is 0 Å². The van der Waals surface area contributed by atoms with Crippen LogP contribution in [0.1, 0.15) is 32.6 Å². The van der Waals surface area contributed by atoms with E-state index in [0.29, 0.717) is 6.10 Å². The predicted octanol–water partition coefficient (Wildman–Crippen LogP) is 1.98. The molecular weight excluding hydrogens is 140 g/mol. The molecule has 1 aliphatic rings. The fourth-order valence-corrected chi connectivity index (χ4v) is 1.31. The van der Waals surface area contributed by atoms with Gasteiger partial charge in [-0.15, -0.1) is 0 Å². The zero-order valence-electron chi connectivity index (χ0n) is 7.34. The molecule has 0 aliphatic carbocycles. The van der Waals surface area contributed by atoms with Crippen molar-refractivity contribution in [1.82, 2.24) is 0 Å². The van der Waals surface area contributed by atoms with Crippen molar-refractivity contribution in [2.75, 3.05) is 19.8 Å². The van der Waals surface area contributed by atoms with E-state index < -0.39 is 0 Å². The van der Waals surface area contributed by atoms with Crippen LogP contribution in [0.4, 0.5) is 0 Å². The molecule has 11 heavy (non-hydrogen) atoms. The van der Waals surface area contributed by atoms with Gasteiger partial charge in [0.05, 0.1) is 19.3 Å². The zero-order valence-corrected chi connectivity index (χ0v) is 7.34. The molecule has 0 saturated carbocycles. The summed E-state index contributed by atoms with van der Waals surface area (Å²) in [5, 5.41) is 0. The summed E-state index contributed by atoms with van der Waals surface area (Å²) in [5.41, 5.74) is 0. The molecule has 1 aliphatic heterocycles. The van der Waals surface area contributed by atoms with Crippen molar-refractivity contribution in [3.05, 3.63) is 0 Å². The van der Waals surface area contributed by atoms with Crippen molar-refractivity contribution in [3.63, 3.8) is 0 Å². The summed E-state index contributed by atoms with van der Waals surface area (Å²) in [6.45, 7) is 4.59. The van der Waals surface area contributed by atoms with E-state index in [1.807, 2.05) is 0 Å². The monoisotopic (exact) mass is 158 g/mol. The van der Waals surface area contributed by atoms with Crippen molar-refractivity contribution < 1.29 is 9.47 Å². The van der Waals surface area contributed by atoms with Crippen molar-refractivity contribution in [3.8, 4) is 0 Å². The molecule has 0 aromatic heterocycles. The minimum atomic E-state index is 0.427.